The summed E-state index contributed by atoms with van der Waals surface area (Å²) < 4.78 is 53.6. The zero-order chi connectivity index (χ0) is 26.0. The van der Waals surface area contributed by atoms with Gasteiger partial charge in [0.05, 0.1) is 36.2 Å². The van der Waals surface area contributed by atoms with Crippen LogP contribution in [-0.4, -0.2) is 39.6 Å². The van der Waals surface area contributed by atoms with Crippen LogP contribution in [0.4, 0.5) is 15.8 Å². The molecule has 0 aliphatic carbocycles. The Bertz CT molecular complexity index is 1260. The number of methoxy groups -OCH3 is 1. The summed E-state index contributed by atoms with van der Waals surface area (Å²) in [5, 5.41) is 2.41. The largest absolute Gasteiger partial charge is 0.495 e. The van der Waals surface area contributed by atoms with E-state index in [2.05, 4.69) is 17.2 Å². The minimum absolute atomic E-state index is 0.0131. The van der Waals surface area contributed by atoms with Crippen molar-refractivity contribution in [2.75, 3.05) is 29.9 Å². The Balaban J connectivity index is 1.96. The van der Waals surface area contributed by atoms with E-state index >= 15 is 0 Å². The van der Waals surface area contributed by atoms with E-state index in [1.54, 1.807) is 30.3 Å². The third-order valence-electron chi connectivity index (χ3n) is 5.35. The predicted molar refractivity (Wildman–Crippen MR) is 136 cm³/mol. The van der Waals surface area contributed by atoms with Gasteiger partial charge in [0.1, 0.15) is 18.0 Å². The van der Waals surface area contributed by atoms with E-state index in [0.717, 1.165) is 36.2 Å². The number of aromatic nitrogens is 1. The van der Waals surface area contributed by atoms with Crippen LogP contribution in [0.25, 0.3) is 0 Å². The smallest absolute Gasteiger partial charge is 0.264 e. The Hall–Kier alpha value is -3.66. The second-order valence-electron chi connectivity index (χ2n) is 7.97. The molecule has 0 saturated carbocycles. The summed E-state index contributed by atoms with van der Waals surface area (Å²) >= 11 is 0. The van der Waals surface area contributed by atoms with Gasteiger partial charge >= 0.3 is 0 Å². The summed E-state index contributed by atoms with van der Waals surface area (Å²) in [4.78, 5) is 16.5. The predicted octanol–water partition coefficient (Wildman–Crippen LogP) is 5.02. The molecule has 3 rings (SSSR count). The summed E-state index contributed by atoms with van der Waals surface area (Å²) in [6.07, 6.45) is 6.37. The molecule has 0 fully saturated rings. The average Bonchev–Trinajstić information content (AvgIpc) is 2.89. The molecule has 0 saturated heterocycles. The lowest BCUT2D eigenvalue weighted by Gasteiger charge is -2.26. The number of carbonyl (C=O) groups is 1. The van der Waals surface area contributed by atoms with Crippen LogP contribution in [0.15, 0.2) is 71.9 Å². The molecule has 1 amide bonds. The molecule has 0 atom stereocenters. The molecular weight excluding hydrogens is 485 g/mol. The first kappa shape index (κ1) is 26.9. The second kappa shape index (κ2) is 12.9. The maximum absolute atomic E-state index is 14.0. The molecule has 1 heterocycles. The number of nitrogens with one attached hydrogen (secondary N) is 1. The molecule has 0 bridgehead atoms. The standard InChI is InChI=1S/C26H30FN3O5S/c1-3-4-5-9-16-35-20-12-13-25(34-2)24(17-20)30(36(32,33)21-10-7-6-8-11-21)19-26(31)29-23-14-15-28-18-22(23)27/h6-8,10-15,17-18H,3-5,9,16,19H2,1-2H3,(H,28,29,31). The SMILES string of the molecule is CCCCCCOc1ccc(OC)c(N(CC(=O)Nc2ccncc2F)S(=O)(=O)c2ccccc2)c1. The zero-order valence-corrected chi connectivity index (χ0v) is 21.1. The Morgan fingerprint density at radius 3 is 2.56 bits per heavy atom. The average molecular weight is 516 g/mol. The number of hydrogen-bond donors (Lipinski definition) is 1. The van der Waals surface area contributed by atoms with Crippen LogP contribution >= 0.6 is 0 Å². The van der Waals surface area contributed by atoms with E-state index < -0.39 is 28.3 Å². The van der Waals surface area contributed by atoms with Gasteiger partial charge in [-0.25, -0.2) is 12.8 Å². The molecule has 0 aliphatic rings. The summed E-state index contributed by atoms with van der Waals surface area (Å²) in [5.41, 5.74) is 0.0148. The van der Waals surface area contributed by atoms with Crippen molar-refractivity contribution in [3.63, 3.8) is 0 Å². The van der Waals surface area contributed by atoms with Crippen LogP contribution < -0.4 is 19.1 Å². The highest BCUT2D eigenvalue weighted by Crippen LogP contribution is 2.36. The van der Waals surface area contributed by atoms with E-state index in [4.69, 9.17) is 9.47 Å². The molecule has 1 aromatic heterocycles. The van der Waals surface area contributed by atoms with Gasteiger partial charge in [0.25, 0.3) is 10.0 Å². The first-order valence-corrected chi connectivity index (χ1v) is 13.1. The maximum Gasteiger partial charge on any atom is 0.264 e. The minimum Gasteiger partial charge on any atom is -0.495 e. The highest BCUT2D eigenvalue weighted by molar-refractivity contribution is 7.92. The highest BCUT2D eigenvalue weighted by Gasteiger charge is 2.30. The molecule has 0 spiro atoms. The van der Waals surface area contributed by atoms with Crippen molar-refractivity contribution in [3.8, 4) is 11.5 Å². The fraction of sp³-hybridized carbons (Fsp3) is 0.308. The molecule has 10 heteroatoms. The molecule has 1 N–H and O–H groups in total. The lowest BCUT2D eigenvalue weighted by Crippen LogP contribution is -2.38. The fourth-order valence-electron chi connectivity index (χ4n) is 3.49. The molecular formula is C26H30FN3O5S. The lowest BCUT2D eigenvalue weighted by molar-refractivity contribution is -0.114. The third kappa shape index (κ3) is 6.94. The maximum atomic E-state index is 14.0. The Morgan fingerprint density at radius 1 is 1.08 bits per heavy atom. The monoisotopic (exact) mass is 515 g/mol. The van der Waals surface area contributed by atoms with Crippen LogP contribution in [0.5, 0.6) is 11.5 Å². The molecule has 0 unspecified atom stereocenters. The number of amides is 1. The first-order valence-electron chi connectivity index (χ1n) is 11.6. The van der Waals surface area contributed by atoms with E-state index in [0.29, 0.717) is 12.4 Å². The molecule has 36 heavy (non-hydrogen) atoms. The number of ether oxygens (including phenoxy) is 2. The quantitative estimate of drug-likeness (QED) is 0.321. The molecule has 8 nitrogen and oxygen atoms in total. The highest BCUT2D eigenvalue weighted by atomic mass is 32.2. The number of pyridine rings is 1. The van der Waals surface area contributed by atoms with Gasteiger partial charge in [0.15, 0.2) is 5.82 Å². The van der Waals surface area contributed by atoms with Gasteiger partial charge in [0, 0.05) is 12.3 Å². The molecule has 0 aliphatic heterocycles. The Kier molecular flexibility index (Phi) is 9.63. The van der Waals surface area contributed by atoms with Gasteiger partial charge in [-0.3, -0.25) is 14.1 Å². The van der Waals surface area contributed by atoms with Crippen LogP contribution in [0.1, 0.15) is 32.6 Å². The Labute approximate surface area is 211 Å². The molecule has 192 valence electrons. The first-order chi connectivity index (χ1) is 17.4. The van der Waals surface area contributed by atoms with Gasteiger partial charge in [-0.05, 0) is 36.8 Å². The number of carbonyl (C=O) groups excluding carboxylic acids is 1. The van der Waals surface area contributed by atoms with Crippen molar-refractivity contribution in [3.05, 3.63) is 72.8 Å². The molecule has 3 aromatic rings. The number of rotatable bonds is 13. The van der Waals surface area contributed by atoms with Gasteiger partial charge in [-0.15, -0.1) is 0 Å². The molecule has 2 aromatic carbocycles. The topological polar surface area (TPSA) is 97.8 Å². The van der Waals surface area contributed by atoms with Crippen molar-refractivity contribution < 1.29 is 27.1 Å². The van der Waals surface area contributed by atoms with E-state index in [9.17, 15) is 17.6 Å². The van der Waals surface area contributed by atoms with E-state index in [-0.39, 0.29) is 22.0 Å². The van der Waals surface area contributed by atoms with Crippen molar-refractivity contribution >= 4 is 27.3 Å². The van der Waals surface area contributed by atoms with Gasteiger partial charge < -0.3 is 14.8 Å². The normalized spacial score (nSPS) is 11.1. The zero-order valence-electron chi connectivity index (χ0n) is 20.3. The van der Waals surface area contributed by atoms with Crippen LogP contribution in [0, 0.1) is 5.82 Å². The van der Waals surface area contributed by atoms with Crippen molar-refractivity contribution in [1.82, 2.24) is 4.98 Å². The van der Waals surface area contributed by atoms with Crippen molar-refractivity contribution in [1.29, 1.82) is 0 Å². The van der Waals surface area contributed by atoms with E-state index in [1.165, 1.54) is 37.6 Å². The second-order valence-corrected chi connectivity index (χ2v) is 9.83. The van der Waals surface area contributed by atoms with Crippen molar-refractivity contribution in [2.24, 2.45) is 0 Å². The number of halogens is 1. The summed E-state index contributed by atoms with van der Waals surface area (Å²) in [7, 11) is -2.80. The van der Waals surface area contributed by atoms with Gasteiger partial charge in [-0.2, -0.15) is 0 Å². The number of sulfonamides is 1. The number of anilines is 2. The van der Waals surface area contributed by atoms with E-state index in [1.807, 2.05) is 0 Å². The van der Waals surface area contributed by atoms with Crippen LogP contribution in [0.3, 0.4) is 0 Å². The number of nitrogens with zero attached hydrogens (tertiary/aromatic N) is 2. The molecule has 0 radical (unpaired) electrons. The summed E-state index contributed by atoms with van der Waals surface area (Å²) in [6.45, 7) is 1.96. The van der Waals surface area contributed by atoms with Gasteiger partial charge in [0.2, 0.25) is 5.91 Å². The summed E-state index contributed by atoms with van der Waals surface area (Å²) in [5.74, 6) is -0.807. The minimum atomic E-state index is -4.20. The van der Waals surface area contributed by atoms with Crippen LogP contribution in [0.2, 0.25) is 0 Å². The van der Waals surface area contributed by atoms with Gasteiger partial charge in [-0.1, -0.05) is 44.4 Å². The fourth-order valence-corrected chi connectivity index (χ4v) is 4.93. The van der Waals surface area contributed by atoms with Crippen molar-refractivity contribution in [2.45, 2.75) is 37.5 Å². The number of benzene rings is 2. The third-order valence-corrected chi connectivity index (χ3v) is 7.12. The van der Waals surface area contributed by atoms with Crippen LogP contribution in [-0.2, 0) is 14.8 Å². The lowest BCUT2D eigenvalue weighted by atomic mass is 10.2. The number of unbranched alkanes of at least 4 members (excludes halogenated alkanes) is 3. The number of hydrogen-bond acceptors (Lipinski definition) is 6. The summed E-state index contributed by atoms with van der Waals surface area (Å²) in [6, 6.07) is 13.8. The Morgan fingerprint density at radius 2 is 1.86 bits per heavy atom.